The van der Waals surface area contributed by atoms with Crippen molar-refractivity contribution in [3.63, 3.8) is 0 Å². The summed E-state index contributed by atoms with van der Waals surface area (Å²) in [6.07, 6.45) is 0. The predicted octanol–water partition coefficient (Wildman–Crippen LogP) is 2.22. The Morgan fingerprint density at radius 1 is 1.50 bits per heavy atom. The second-order valence-corrected chi connectivity index (χ2v) is 5.51. The van der Waals surface area contributed by atoms with Crippen molar-refractivity contribution < 1.29 is 12.8 Å². The fraction of sp³-hybridized carbons (Fsp3) is 0.429. The molecule has 0 aromatic carbocycles. The summed E-state index contributed by atoms with van der Waals surface area (Å²) < 4.78 is 26.8. The highest BCUT2D eigenvalue weighted by Gasteiger charge is 2.22. The average molecular weight is 209 g/mol. The molecule has 5 heteroatoms. The van der Waals surface area contributed by atoms with Gasteiger partial charge in [-0.25, -0.2) is 8.42 Å². The van der Waals surface area contributed by atoms with Crippen molar-refractivity contribution in [3.8, 4) is 0 Å². The standard InChI is InChI=1S/C7H9ClO3S/c1-5-3-4-7(11-5)6(2)12(8,9)10/h3-4,6H,1-2H3. The molecule has 1 unspecified atom stereocenters. The van der Waals surface area contributed by atoms with Gasteiger partial charge in [-0.1, -0.05) is 0 Å². The topological polar surface area (TPSA) is 47.3 Å². The molecule has 1 aromatic heterocycles. The molecule has 0 saturated heterocycles. The van der Waals surface area contributed by atoms with Crippen LogP contribution in [-0.4, -0.2) is 8.42 Å². The first kappa shape index (κ1) is 9.61. The second-order valence-electron chi connectivity index (χ2n) is 2.57. The van der Waals surface area contributed by atoms with E-state index in [2.05, 4.69) is 0 Å². The van der Waals surface area contributed by atoms with Crippen LogP contribution in [0.1, 0.15) is 23.7 Å². The Morgan fingerprint density at radius 3 is 2.42 bits per heavy atom. The minimum Gasteiger partial charge on any atom is -0.465 e. The van der Waals surface area contributed by atoms with Gasteiger partial charge in [-0.15, -0.1) is 0 Å². The molecular weight excluding hydrogens is 200 g/mol. The minimum atomic E-state index is -3.56. The molecular formula is C7H9ClO3S. The van der Waals surface area contributed by atoms with Crippen LogP contribution in [0, 0.1) is 6.92 Å². The highest BCUT2D eigenvalue weighted by molar-refractivity contribution is 8.13. The quantitative estimate of drug-likeness (QED) is 0.701. The molecule has 0 N–H and O–H groups in total. The Hall–Kier alpha value is -0.480. The molecule has 0 saturated carbocycles. The summed E-state index contributed by atoms with van der Waals surface area (Å²) in [5.74, 6) is 1.06. The lowest BCUT2D eigenvalue weighted by Crippen LogP contribution is -2.00. The van der Waals surface area contributed by atoms with E-state index < -0.39 is 14.3 Å². The van der Waals surface area contributed by atoms with Crippen molar-refractivity contribution in [1.29, 1.82) is 0 Å². The molecule has 0 aliphatic rings. The van der Waals surface area contributed by atoms with E-state index in [4.69, 9.17) is 15.1 Å². The Morgan fingerprint density at radius 2 is 2.08 bits per heavy atom. The van der Waals surface area contributed by atoms with Crippen LogP contribution in [0.4, 0.5) is 0 Å². The van der Waals surface area contributed by atoms with Crippen LogP contribution in [0.15, 0.2) is 16.5 Å². The normalized spacial score (nSPS) is 14.6. The number of hydrogen-bond acceptors (Lipinski definition) is 3. The van der Waals surface area contributed by atoms with Gasteiger partial charge in [-0.2, -0.15) is 0 Å². The minimum absolute atomic E-state index is 0.377. The van der Waals surface area contributed by atoms with Crippen LogP contribution >= 0.6 is 10.7 Å². The molecule has 0 amide bonds. The van der Waals surface area contributed by atoms with Crippen LogP contribution in [0.3, 0.4) is 0 Å². The molecule has 1 rings (SSSR count). The molecule has 0 spiro atoms. The molecule has 68 valence electrons. The van der Waals surface area contributed by atoms with Gasteiger partial charge in [0.1, 0.15) is 16.8 Å². The van der Waals surface area contributed by atoms with Crippen molar-refractivity contribution in [3.05, 3.63) is 23.7 Å². The van der Waals surface area contributed by atoms with Crippen molar-refractivity contribution in [2.75, 3.05) is 0 Å². The summed E-state index contributed by atoms with van der Waals surface area (Å²) in [5.41, 5.74) is 0. The Kier molecular flexibility index (Phi) is 2.49. The van der Waals surface area contributed by atoms with Gasteiger partial charge in [0.25, 0.3) is 0 Å². The highest BCUT2D eigenvalue weighted by Crippen LogP contribution is 2.26. The van der Waals surface area contributed by atoms with E-state index >= 15 is 0 Å². The van der Waals surface area contributed by atoms with Gasteiger partial charge in [-0.05, 0) is 26.0 Å². The van der Waals surface area contributed by atoms with E-state index in [1.165, 1.54) is 6.92 Å². The van der Waals surface area contributed by atoms with E-state index in [0.717, 1.165) is 0 Å². The van der Waals surface area contributed by atoms with E-state index in [0.29, 0.717) is 11.5 Å². The van der Waals surface area contributed by atoms with E-state index in [1.54, 1.807) is 19.1 Å². The lowest BCUT2D eigenvalue weighted by molar-refractivity contribution is 0.478. The summed E-state index contributed by atoms with van der Waals surface area (Å²) >= 11 is 0. The van der Waals surface area contributed by atoms with Gasteiger partial charge in [0, 0.05) is 10.7 Å². The Labute approximate surface area is 75.8 Å². The number of aryl methyl sites for hydroxylation is 1. The van der Waals surface area contributed by atoms with Crippen LogP contribution in [0.25, 0.3) is 0 Å². The first-order valence-corrected chi connectivity index (χ1v) is 5.78. The maximum Gasteiger partial charge on any atom is 0.242 e. The van der Waals surface area contributed by atoms with Crippen LogP contribution < -0.4 is 0 Å². The molecule has 0 radical (unpaired) electrons. The number of furan rings is 1. The van der Waals surface area contributed by atoms with Gasteiger partial charge in [0.05, 0.1) is 0 Å². The molecule has 0 aliphatic heterocycles. The zero-order chi connectivity index (χ0) is 9.35. The summed E-state index contributed by atoms with van der Waals surface area (Å²) in [6, 6.07) is 3.31. The molecule has 3 nitrogen and oxygen atoms in total. The SMILES string of the molecule is Cc1ccc(C(C)S(=O)(=O)Cl)o1. The van der Waals surface area contributed by atoms with Crippen molar-refractivity contribution in [1.82, 2.24) is 0 Å². The third-order valence-corrected chi connectivity index (χ3v) is 3.46. The van der Waals surface area contributed by atoms with Crippen LogP contribution in [-0.2, 0) is 9.05 Å². The zero-order valence-corrected chi connectivity index (χ0v) is 8.32. The number of rotatable bonds is 2. The van der Waals surface area contributed by atoms with E-state index in [1.807, 2.05) is 0 Å². The van der Waals surface area contributed by atoms with Gasteiger partial charge >= 0.3 is 0 Å². The summed E-state index contributed by atoms with van der Waals surface area (Å²) in [6.45, 7) is 3.23. The third-order valence-electron chi connectivity index (χ3n) is 1.58. The van der Waals surface area contributed by atoms with Crippen LogP contribution in [0.5, 0.6) is 0 Å². The molecule has 1 heterocycles. The van der Waals surface area contributed by atoms with Crippen molar-refractivity contribution in [2.45, 2.75) is 19.1 Å². The van der Waals surface area contributed by atoms with Gasteiger partial charge < -0.3 is 4.42 Å². The van der Waals surface area contributed by atoms with E-state index in [9.17, 15) is 8.42 Å². The smallest absolute Gasteiger partial charge is 0.242 e. The monoisotopic (exact) mass is 208 g/mol. The van der Waals surface area contributed by atoms with E-state index in [-0.39, 0.29) is 0 Å². The molecule has 1 atom stereocenters. The lowest BCUT2D eigenvalue weighted by atomic mass is 10.3. The molecule has 1 aromatic rings. The number of hydrogen-bond donors (Lipinski definition) is 0. The maximum atomic E-state index is 10.8. The second kappa shape index (κ2) is 3.11. The molecule has 12 heavy (non-hydrogen) atoms. The fourth-order valence-corrected chi connectivity index (χ4v) is 1.48. The van der Waals surface area contributed by atoms with Gasteiger partial charge in [0.15, 0.2) is 0 Å². The fourth-order valence-electron chi connectivity index (χ4n) is 0.811. The van der Waals surface area contributed by atoms with Gasteiger partial charge in [-0.3, -0.25) is 0 Å². The number of halogens is 1. The molecule has 0 fully saturated rings. The summed E-state index contributed by atoms with van der Waals surface area (Å²) in [4.78, 5) is 0. The van der Waals surface area contributed by atoms with Crippen LogP contribution in [0.2, 0.25) is 0 Å². The largest absolute Gasteiger partial charge is 0.465 e. The summed E-state index contributed by atoms with van der Waals surface area (Å²) in [5, 5.41) is -0.784. The first-order chi connectivity index (χ1) is 5.41. The third kappa shape index (κ3) is 2.01. The summed E-state index contributed by atoms with van der Waals surface area (Å²) in [7, 11) is 1.58. The lowest BCUT2D eigenvalue weighted by Gasteiger charge is -2.02. The highest BCUT2D eigenvalue weighted by atomic mass is 35.7. The Bertz CT molecular complexity index is 366. The Balaban J connectivity index is 3.01. The molecule has 0 aliphatic carbocycles. The maximum absolute atomic E-state index is 10.8. The van der Waals surface area contributed by atoms with Crippen molar-refractivity contribution in [2.24, 2.45) is 0 Å². The predicted molar refractivity (Wildman–Crippen MR) is 46.6 cm³/mol. The van der Waals surface area contributed by atoms with Gasteiger partial charge in [0.2, 0.25) is 9.05 Å². The van der Waals surface area contributed by atoms with Crippen molar-refractivity contribution >= 4 is 19.7 Å². The zero-order valence-electron chi connectivity index (χ0n) is 6.74. The molecule has 0 bridgehead atoms. The average Bonchev–Trinajstić information content (AvgIpc) is 2.32. The first-order valence-electron chi connectivity index (χ1n) is 3.41.